The maximum atomic E-state index is 14.0. The number of aliphatic hydroxyl groups excluding tert-OH is 2. The van der Waals surface area contributed by atoms with Gasteiger partial charge in [-0.05, 0) is 84.1 Å². The first kappa shape index (κ1) is 52.5. The van der Waals surface area contributed by atoms with E-state index in [1.54, 1.807) is 34.1 Å². The summed E-state index contributed by atoms with van der Waals surface area (Å²) in [6.45, 7) is 10.3. The third kappa shape index (κ3) is 10.5. The minimum Gasteiger partial charge on any atom is -0.458 e. The summed E-state index contributed by atoms with van der Waals surface area (Å²) < 4.78 is 61.2. The lowest BCUT2D eigenvalue weighted by Crippen LogP contribution is -2.61. The molecule has 0 radical (unpaired) electrons. The molecule has 20 atom stereocenters. The van der Waals surface area contributed by atoms with Gasteiger partial charge in [-0.3, -0.25) is 14.4 Å². The lowest BCUT2D eigenvalue weighted by molar-refractivity contribution is -0.352. The molecule has 6 aliphatic rings. The van der Waals surface area contributed by atoms with Crippen LogP contribution < -0.4 is 0 Å². The second kappa shape index (κ2) is 21.6. The van der Waals surface area contributed by atoms with Crippen LogP contribution in [0.1, 0.15) is 98.5 Å². The smallest absolute Gasteiger partial charge is 0.331 e. The van der Waals surface area contributed by atoms with Crippen LogP contribution in [-0.4, -0.2) is 158 Å². The number of methoxy groups -OCH3 is 3. The summed E-state index contributed by atoms with van der Waals surface area (Å²) in [5.74, 6) is -2.91. The summed E-state index contributed by atoms with van der Waals surface area (Å²) in [6, 6.07) is 9.20. The average Bonchev–Trinajstić information content (AvgIpc) is 3.62. The molecule has 0 bridgehead atoms. The topological polar surface area (TPSA) is 221 Å². The Morgan fingerprint density at radius 3 is 2.07 bits per heavy atom. The Hall–Kier alpha value is -3.30. The zero-order chi connectivity index (χ0) is 49.3. The molecule has 0 spiro atoms. The first-order valence-electron chi connectivity index (χ1n) is 24.1. The molecule has 378 valence electrons. The number of allylic oxidation sites excluding steroid dienone is 1. The van der Waals surface area contributed by atoms with Crippen LogP contribution in [-0.2, 0) is 66.5 Å². The van der Waals surface area contributed by atoms with E-state index in [1.165, 1.54) is 32.3 Å². The number of fused-ring (bicyclic) bond motifs is 1. The largest absolute Gasteiger partial charge is 0.458 e. The molecule has 1 aromatic carbocycles. The van der Waals surface area contributed by atoms with Gasteiger partial charge in [-0.25, -0.2) is 4.79 Å². The molecule has 68 heavy (non-hydrogen) atoms. The lowest BCUT2D eigenvalue weighted by atomic mass is 9.52. The Bertz CT molecular complexity index is 1990. The molecule has 3 saturated heterocycles. The number of hydrogen-bond acceptors (Lipinski definition) is 17. The Morgan fingerprint density at radius 1 is 0.824 bits per heavy atom. The number of ketones is 3. The normalized spacial score (nSPS) is 43.6. The van der Waals surface area contributed by atoms with E-state index >= 15 is 0 Å². The molecule has 1 aromatic rings. The lowest BCUT2D eigenvalue weighted by Gasteiger charge is -2.55. The molecule has 5 fully saturated rings. The van der Waals surface area contributed by atoms with Gasteiger partial charge in [-0.1, -0.05) is 37.3 Å². The standard InChI is InChI=1S/C51H72O17/c1-27(52)33-16-17-38(54)50(33,6)39(66-40(55)18-15-31-13-11-10-12-14-31)23-34-35(53)20-22-51(58)26-32(19-21-49(34,51)5)65-41-24-36(59-7)45(29(3)62-41)67-42-25-37(60-8)46(30(4)63-42)68-48-44(57)47(61-9)43(56)28(2)64-48/h10-15,18,20,22,28-30,32-34,36-37,39,41-48,56-58H,16-17,19,21,23-26H2,1-9H3/t28-,29+,30+,32-,33+,34-,36+,37+,39+,41-,42-,43-,44+,45+,46+,47-,48-,49+,50+,51+/m0/s1. The average molecular weight is 957 g/mol. The summed E-state index contributed by atoms with van der Waals surface area (Å²) in [5.41, 5.74) is -3.17. The molecule has 3 N–H and O–H groups in total. The van der Waals surface area contributed by atoms with Gasteiger partial charge in [0.1, 0.15) is 48.2 Å². The van der Waals surface area contributed by atoms with Gasteiger partial charge < -0.3 is 62.7 Å². The summed E-state index contributed by atoms with van der Waals surface area (Å²) in [6.07, 6.45) is -3.57. The van der Waals surface area contributed by atoms with Crippen molar-refractivity contribution in [1.29, 1.82) is 0 Å². The van der Waals surface area contributed by atoms with Crippen LogP contribution in [0.2, 0.25) is 0 Å². The van der Waals surface area contributed by atoms with Gasteiger partial charge in [0.25, 0.3) is 0 Å². The predicted molar refractivity (Wildman–Crippen MR) is 242 cm³/mol. The molecule has 0 aromatic heterocycles. The quantitative estimate of drug-likeness (QED) is 0.156. The monoisotopic (exact) mass is 956 g/mol. The van der Waals surface area contributed by atoms with E-state index in [4.69, 9.17) is 47.4 Å². The van der Waals surface area contributed by atoms with Gasteiger partial charge in [0.2, 0.25) is 0 Å². The van der Waals surface area contributed by atoms with Crippen molar-refractivity contribution >= 4 is 29.4 Å². The van der Waals surface area contributed by atoms with Crippen molar-refractivity contribution in [3.63, 3.8) is 0 Å². The van der Waals surface area contributed by atoms with Crippen LogP contribution in [0.25, 0.3) is 6.08 Å². The SMILES string of the molecule is CO[C@H]1[C@@H](O)[C@H](C)O[C@@H](O[C@@H]2[C@@H](C)O[C@@H](O[C@@H]3[C@@H](C)O[C@@H](O[C@H]4CC[C@]5(C)[C@@H](C[C@@H](OC(=O)C=Cc6ccccc6)[C@@]6(C)C(=O)CC[C@@H]6C(C)=O)C(=O)C=C[C@@]5(O)C4)C[C@H]3OC)C[C@H]2OC)[C@@H]1O. The fourth-order valence-corrected chi connectivity index (χ4v) is 11.8. The molecule has 17 heteroatoms. The fourth-order valence-electron chi connectivity index (χ4n) is 11.8. The number of hydrogen-bond donors (Lipinski definition) is 3. The number of Topliss-reactive ketones (excluding diaryl/α,β-unsaturated/α-hetero) is 2. The predicted octanol–water partition coefficient (Wildman–Crippen LogP) is 4.19. The highest BCUT2D eigenvalue weighted by Crippen LogP contribution is 2.57. The Morgan fingerprint density at radius 2 is 1.46 bits per heavy atom. The van der Waals surface area contributed by atoms with Crippen LogP contribution in [0.3, 0.4) is 0 Å². The summed E-state index contributed by atoms with van der Waals surface area (Å²) in [5, 5.41) is 33.9. The highest BCUT2D eigenvalue weighted by atomic mass is 16.8. The third-order valence-corrected chi connectivity index (χ3v) is 16.1. The van der Waals surface area contributed by atoms with E-state index in [2.05, 4.69) is 0 Å². The van der Waals surface area contributed by atoms with E-state index in [-0.39, 0.29) is 43.0 Å². The van der Waals surface area contributed by atoms with Gasteiger partial charge in [-0.15, -0.1) is 0 Å². The van der Waals surface area contributed by atoms with Crippen LogP contribution in [0.5, 0.6) is 0 Å². The van der Waals surface area contributed by atoms with Crippen molar-refractivity contribution in [2.75, 3.05) is 21.3 Å². The van der Waals surface area contributed by atoms with Gasteiger partial charge in [0, 0.05) is 70.3 Å². The van der Waals surface area contributed by atoms with Crippen molar-refractivity contribution in [3.05, 3.63) is 54.1 Å². The molecular formula is C51H72O17. The summed E-state index contributed by atoms with van der Waals surface area (Å²) >= 11 is 0. The van der Waals surface area contributed by atoms with E-state index in [9.17, 15) is 34.5 Å². The minimum absolute atomic E-state index is 0.0654. The molecule has 0 amide bonds. The van der Waals surface area contributed by atoms with Gasteiger partial charge in [0.05, 0.1) is 47.6 Å². The van der Waals surface area contributed by atoms with Crippen LogP contribution in [0, 0.1) is 22.7 Å². The van der Waals surface area contributed by atoms with Crippen molar-refractivity contribution in [1.82, 2.24) is 0 Å². The molecular weight excluding hydrogens is 885 g/mol. The number of carbonyl (C=O) groups is 4. The molecule has 3 heterocycles. The third-order valence-electron chi connectivity index (χ3n) is 16.1. The van der Waals surface area contributed by atoms with Gasteiger partial charge in [-0.2, -0.15) is 0 Å². The highest BCUT2D eigenvalue weighted by Gasteiger charge is 2.62. The van der Waals surface area contributed by atoms with Gasteiger partial charge >= 0.3 is 5.97 Å². The number of benzene rings is 1. The molecule has 2 saturated carbocycles. The van der Waals surface area contributed by atoms with E-state index < -0.39 is 126 Å². The van der Waals surface area contributed by atoms with Crippen molar-refractivity contribution in [2.45, 2.75) is 191 Å². The Balaban J connectivity index is 0.993. The molecule has 17 nitrogen and oxygen atoms in total. The first-order valence-corrected chi connectivity index (χ1v) is 24.1. The number of ether oxygens (including phenoxy) is 10. The van der Waals surface area contributed by atoms with Crippen molar-refractivity contribution < 1.29 is 81.9 Å². The second-order valence-corrected chi connectivity index (χ2v) is 20.1. The molecule has 7 rings (SSSR count). The van der Waals surface area contributed by atoms with Crippen LogP contribution in [0.4, 0.5) is 0 Å². The zero-order valence-corrected chi connectivity index (χ0v) is 40.7. The maximum Gasteiger partial charge on any atom is 0.331 e. The molecule has 3 aliphatic carbocycles. The Labute approximate surface area is 399 Å². The second-order valence-electron chi connectivity index (χ2n) is 20.1. The minimum atomic E-state index is -1.52. The first-order chi connectivity index (χ1) is 32.3. The number of rotatable bonds is 16. The zero-order valence-electron chi connectivity index (χ0n) is 40.7. The fraction of sp³-hybridized carbons (Fsp3) is 0.725. The number of aliphatic hydroxyl groups is 3. The van der Waals surface area contributed by atoms with Crippen LogP contribution in [0.15, 0.2) is 48.6 Å². The number of carbonyl (C=O) groups excluding carboxylic acids is 4. The van der Waals surface area contributed by atoms with Crippen molar-refractivity contribution in [2.24, 2.45) is 22.7 Å². The van der Waals surface area contributed by atoms with Crippen LogP contribution >= 0.6 is 0 Å². The Kier molecular flexibility index (Phi) is 16.7. The molecule has 3 aliphatic heterocycles. The summed E-state index contributed by atoms with van der Waals surface area (Å²) in [7, 11) is 4.55. The van der Waals surface area contributed by atoms with E-state index in [0.717, 1.165) is 5.56 Å². The number of esters is 1. The van der Waals surface area contributed by atoms with E-state index in [1.807, 2.05) is 51.1 Å². The highest BCUT2D eigenvalue weighted by molar-refractivity contribution is 5.97. The van der Waals surface area contributed by atoms with Crippen molar-refractivity contribution in [3.8, 4) is 0 Å². The van der Waals surface area contributed by atoms with E-state index in [0.29, 0.717) is 25.7 Å². The summed E-state index contributed by atoms with van der Waals surface area (Å²) in [4.78, 5) is 54.3. The maximum absolute atomic E-state index is 14.0. The van der Waals surface area contributed by atoms with Gasteiger partial charge in [0.15, 0.2) is 24.7 Å². The molecule has 0 unspecified atom stereocenters.